The van der Waals surface area contributed by atoms with Crippen molar-refractivity contribution in [2.75, 3.05) is 36.5 Å². The number of para-hydroxylation sites is 1. The largest absolute Gasteiger partial charge is 0.380 e. The van der Waals surface area contributed by atoms with Crippen molar-refractivity contribution >= 4 is 17.3 Å². The van der Waals surface area contributed by atoms with Gasteiger partial charge in [-0.2, -0.15) is 0 Å². The third-order valence-electron chi connectivity index (χ3n) is 4.10. The van der Waals surface area contributed by atoms with Gasteiger partial charge in [-0.05, 0) is 25.5 Å². The molecule has 5 nitrogen and oxygen atoms in total. The number of methoxy groups -OCH3 is 1. The van der Waals surface area contributed by atoms with Gasteiger partial charge in [0, 0.05) is 38.5 Å². The zero-order valence-corrected chi connectivity index (χ0v) is 13.1. The fourth-order valence-electron chi connectivity index (χ4n) is 2.87. The lowest BCUT2D eigenvalue weighted by molar-refractivity contribution is 0.121. The van der Waals surface area contributed by atoms with E-state index in [2.05, 4.69) is 44.9 Å². The van der Waals surface area contributed by atoms with Gasteiger partial charge in [0.2, 0.25) is 0 Å². The van der Waals surface area contributed by atoms with E-state index in [-0.39, 0.29) is 0 Å². The minimum atomic E-state index is 0.301. The second kappa shape index (κ2) is 6.75. The molecule has 1 aromatic heterocycles. The number of benzene rings is 1. The summed E-state index contributed by atoms with van der Waals surface area (Å²) in [6.07, 6.45) is 3.00. The maximum Gasteiger partial charge on any atom is 0.138 e. The fraction of sp³-hybridized carbons (Fsp3) is 0.412. The van der Waals surface area contributed by atoms with Crippen molar-refractivity contribution in [2.45, 2.75) is 19.4 Å². The van der Waals surface area contributed by atoms with Crippen LogP contribution < -0.4 is 9.80 Å². The number of ether oxygens (including phenoxy) is 1. The molecule has 0 aliphatic carbocycles. The first-order valence-electron chi connectivity index (χ1n) is 7.74. The Morgan fingerprint density at radius 1 is 1.27 bits per heavy atom. The summed E-state index contributed by atoms with van der Waals surface area (Å²) < 4.78 is 5.44. The van der Waals surface area contributed by atoms with Crippen LogP contribution in [0.5, 0.6) is 0 Å². The van der Waals surface area contributed by atoms with Gasteiger partial charge in [-0.3, -0.25) is 0 Å². The fourth-order valence-corrected chi connectivity index (χ4v) is 2.87. The molecule has 1 aromatic carbocycles. The van der Waals surface area contributed by atoms with Gasteiger partial charge in [0.05, 0.1) is 6.10 Å². The molecule has 2 aromatic rings. The molecule has 1 atom stereocenters. The van der Waals surface area contributed by atoms with E-state index in [1.165, 1.54) is 0 Å². The maximum atomic E-state index is 5.44. The van der Waals surface area contributed by atoms with Crippen LogP contribution in [-0.2, 0) is 4.74 Å². The monoisotopic (exact) mass is 298 g/mol. The highest BCUT2D eigenvalue weighted by molar-refractivity contribution is 5.62. The molecule has 3 rings (SSSR count). The molecule has 0 saturated carbocycles. The molecule has 0 N–H and O–H groups in total. The molecule has 5 heteroatoms. The molecule has 1 aliphatic rings. The Balaban J connectivity index is 1.84. The summed E-state index contributed by atoms with van der Waals surface area (Å²) in [5.41, 5.74) is 1.14. The molecule has 2 heterocycles. The highest BCUT2D eigenvalue weighted by atomic mass is 16.5. The van der Waals surface area contributed by atoms with Crippen molar-refractivity contribution in [1.82, 2.24) is 9.97 Å². The molecule has 1 saturated heterocycles. The molecule has 22 heavy (non-hydrogen) atoms. The van der Waals surface area contributed by atoms with Crippen molar-refractivity contribution < 1.29 is 4.74 Å². The lowest BCUT2D eigenvalue weighted by atomic mass is 10.3. The summed E-state index contributed by atoms with van der Waals surface area (Å²) in [6.45, 7) is 4.86. The first-order chi connectivity index (χ1) is 10.8. The number of anilines is 3. The van der Waals surface area contributed by atoms with Gasteiger partial charge >= 0.3 is 0 Å². The lowest BCUT2D eigenvalue weighted by Gasteiger charge is -2.24. The normalized spacial score (nSPS) is 17.7. The zero-order valence-electron chi connectivity index (χ0n) is 13.1. The number of aromatic nitrogens is 2. The van der Waals surface area contributed by atoms with E-state index in [0.717, 1.165) is 43.4 Å². The summed E-state index contributed by atoms with van der Waals surface area (Å²) >= 11 is 0. The van der Waals surface area contributed by atoms with Gasteiger partial charge in [0.15, 0.2) is 0 Å². The molecule has 0 radical (unpaired) electrons. The predicted octanol–water partition coefficient (Wildman–Crippen LogP) is 2.86. The van der Waals surface area contributed by atoms with Gasteiger partial charge < -0.3 is 14.5 Å². The average Bonchev–Trinajstić information content (AvgIpc) is 3.06. The molecule has 0 bridgehead atoms. The Morgan fingerprint density at radius 3 is 2.77 bits per heavy atom. The Kier molecular flexibility index (Phi) is 4.53. The van der Waals surface area contributed by atoms with Crippen molar-refractivity contribution in [1.29, 1.82) is 0 Å². The van der Waals surface area contributed by atoms with Crippen LogP contribution in [0.3, 0.4) is 0 Å². The van der Waals surface area contributed by atoms with Crippen LogP contribution in [0.4, 0.5) is 17.3 Å². The van der Waals surface area contributed by atoms with Gasteiger partial charge in [0.25, 0.3) is 0 Å². The Labute approximate surface area is 131 Å². The first kappa shape index (κ1) is 14.8. The van der Waals surface area contributed by atoms with Crippen LogP contribution in [-0.4, -0.2) is 42.8 Å². The van der Waals surface area contributed by atoms with Gasteiger partial charge in [0.1, 0.15) is 18.0 Å². The van der Waals surface area contributed by atoms with Crippen molar-refractivity contribution in [3.8, 4) is 0 Å². The standard InChI is InChI=1S/C17H22N4O/c1-3-21(14-7-5-4-6-8-14)17-11-16(18-13-19-17)20-10-9-15(12-20)22-2/h4-8,11,13,15H,3,9-10,12H2,1-2H3/t15-/m1/s1. The molecule has 0 unspecified atom stereocenters. The minimum absolute atomic E-state index is 0.301. The number of hydrogen-bond acceptors (Lipinski definition) is 5. The number of rotatable bonds is 5. The summed E-state index contributed by atoms with van der Waals surface area (Å²) in [7, 11) is 1.77. The maximum absolute atomic E-state index is 5.44. The van der Waals surface area contributed by atoms with Crippen LogP contribution >= 0.6 is 0 Å². The molecule has 116 valence electrons. The van der Waals surface area contributed by atoms with Crippen molar-refractivity contribution in [3.05, 3.63) is 42.7 Å². The van der Waals surface area contributed by atoms with Crippen LogP contribution in [0, 0.1) is 0 Å². The smallest absolute Gasteiger partial charge is 0.138 e. The highest BCUT2D eigenvalue weighted by Crippen LogP contribution is 2.26. The van der Waals surface area contributed by atoms with E-state index in [1.54, 1.807) is 13.4 Å². The quantitative estimate of drug-likeness (QED) is 0.849. The average molecular weight is 298 g/mol. The molecular weight excluding hydrogens is 276 g/mol. The van der Waals surface area contributed by atoms with Crippen LogP contribution in [0.15, 0.2) is 42.7 Å². The third-order valence-corrected chi connectivity index (χ3v) is 4.10. The topological polar surface area (TPSA) is 41.5 Å². The minimum Gasteiger partial charge on any atom is -0.380 e. The van der Waals surface area contributed by atoms with E-state index in [9.17, 15) is 0 Å². The second-order valence-electron chi connectivity index (χ2n) is 5.41. The van der Waals surface area contributed by atoms with Gasteiger partial charge in [-0.25, -0.2) is 9.97 Å². The van der Waals surface area contributed by atoms with E-state index in [0.29, 0.717) is 6.10 Å². The number of hydrogen-bond donors (Lipinski definition) is 0. The van der Waals surface area contributed by atoms with E-state index in [4.69, 9.17) is 4.74 Å². The molecule has 0 spiro atoms. The summed E-state index contributed by atoms with van der Waals surface area (Å²) in [4.78, 5) is 13.3. The molecule has 1 aliphatic heterocycles. The lowest BCUT2D eigenvalue weighted by Crippen LogP contribution is -2.24. The Hall–Kier alpha value is -2.14. The first-order valence-corrected chi connectivity index (χ1v) is 7.74. The SMILES string of the molecule is CCN(c1ccccc1)c1cc(N2CC[C@@H](OC)C2)ncn1. The summed E-state index contributed by atoms with van der Waals surface area (Å²) in [5, 5.41) is 0. The summed E-state index contributed by atoms with van der Waals surface area (Å²) in [5.74, 6) is 1.90. The van der Waals surface area contributed by atoms with E-state index in [1.807, 2.05) is 18.2 Å². The summed E-state index contributed by atoms with van der Waals surface area (Å²) in [6, 6.07) is 12.4. The second-order valence-corrected chi connectivity index (χ2v) is 5.41. The van der Waals surface area contributed by atoms with Crippen LogP contribution in [0.2, 0.25) is 0 Å². The van der Waals surface area contributed by atoms with Crippen LogP contribution in [0.1, 0.15) is 13.3 Å². The van der Waals surface area contributed by atoms with Gasteiger partial charge in [-0.15, -0.1) is 0 Å². The van der Waals surface area contributed by atoms with Crippen molar-refractivity contribution in [3.63, 3.8) is 0 Å². The third kappa shape index (κ3) is 3.04. The van der Waals surface area contributed by atoms with Crippen LogP contribution in [0.25, 0.3) is 0 Å². The highest BCUT2D eigenvalue weighted by Gasteiger charge is 2.23. The zero-order chi connectivity index (χ0) is 15.4. The van der Waals surface area contributed by atoms with E-state index < -0.39 is 0 Å². The van der Waals surface area contributed by atoms with Gasteiger partial charge in [-0.1, -0.05) is 18.2 Å². The Bertz CT molecular complexity index is 605. The predicted molar refractivity (Wildman–Crippen MR) is 88.8 cm³/mol. The molecule has 1 fully saturated rings. The Morgan fingerprint density at radius 2 is 2.09 bits per heavy atom. The molecule has 0 amide bonds. The van der Waals surface area contributed by atoms with Crippen molar-refractivity contribution in [2.24, 2.45) is 0 Å². The molecular formula is C17H22N4O. The van der Waals surface area contributed by atoms with E-state index >= 15 is 0 Å². The number of nitrogens with zero attached hydrogens (tertiary/aromatic N) is 4.